The number of hydrazone groups is 1. The number of hydrogen-bond acceptors (Lipinski definition) is 7. The lowest BCUT2D eigenvalue weighted by Gasteiger charge is -2.34. The zero-order valence-corrected chi connectivity index (χ0v) is 25.0. The number of carbonyl (C=O) groups excluding carboxylic acids is 1. The monoisotopic (exact) mass is 644 g/mol. The van der Waals surface area contributed by atoms with Crippen LogP contribution in [0.2, 0.25) is 0 Å². The molecule has 0 saturated carbocycles. The average molecular weight is 646 g/mol. The molecule has 0 saturated heterocycles. The molecular formula is C32H26BrFN4O3S. The van der Waals surface area contributed by atoms with E-state index < -0.39 is 6.17 Å². The molecule has 7 nitrogen and oxygen atoms in total. The molecular weight excluding hydrogens is 619 g/mol. The Labute approximate surface area is 254 Å². The van der Waals surface area contributed by atoms with Crippen LogP contribution in [0.1, 0.15) is 29.8 Å². The predicted molar refractivity (Wildman–Crippen MR) is 165 cm³/mol. The largest absolute Gasteiger partial charge is 0.490 e. The van der Waals surface area contributed by atoms with Crippen LogP contribution < -0.4 is 25.4 Å². The van der Waals surface area contributed by atoms with Gasteiger partial charge >= 0.3 is 0 Å². The van der Waals surface area contributed by atoms with Crippen molar-refractivity contribution in [1.29, 1.82) is 0 Å². The van der Waals surface area contributed by atoms with E-state index in [-0.39, 0.29) is 11.7 Å². The van der Waals surface area contributed by atoms with Gasteiger partial charge in [-0.3, -0.25) is 15.1 Å². The third-order valence-electron chi connectivity index (χ3n) is 6.69. The van der Waals surface area contributed by atoms with Gasteiger partial charge in [-0.2, -0.15) is 0 Å². The number of thioether (sulfide) groups is 1. The van der Waals surface area contributed by atoms with Crippen LogP contribution in [-0.4, -0.2) is 22.7 Å². The van der Waals surface area contributed by atoms with Crippen LogP contribution >= 0.6 is 27.7 Å². The van der Waals surface area contributed by atoms with Crippen molar-refractivity contribution in [3.05, 3.63) is 129 Å². The zero-order chi connectivity index (χ0) is 29.1. The number of amides is 1. The van der Waals surface area contributed by atoms with E-state index in [0.29, 0.717) is 61.9 Å². The molecule has 1 atom stereocenters. The molecule has 0 aliphatic carbocycles. The predicted octanol–water partition coefficient (Wildman–Crippen LogP) is 5.64. The number of carbonyl (C=O) groups is 1. The van der Waals surface area contributed by atoms with Gasteiger partial charge in [0.1, 0.15) is 18.1 Å². The maximum atomic E-state index is 14.3. The molecule has 2 heterocycles. The summed E-state index contributed by atoms with van der Waals surface area (Å²) in [7, 11) is 0. The Hall–Kier alpha value is -4.15. The molecule has 1 amide bonds. The molecule has 4 aromatic carbocycles. The number of hydrogen-bond donors (Lipinski definition) is 1. The van der Waals surface area contributed by atoms with E-state index in [1.165, 1.54) is 17.8 Å². The van der Waals surface area contributed by atoms with Crippen molar-refractivity contribution in [1.82, 2.24) is 10.3 Å². The maximum absolute atomic E-state index is 14.3. The number of nitrogens with zero attached hydrogens (tertiary/aromatic N) is 3. The van der Waals surface area contributed by atoms with E-state index in [1.807, 2.05) is 73.7 Å². The quantitative estimate of drug-likeness (QED) is 0.269. The van der Waals surface area contributed by atoms with Crippen LogP contribution in [0.3, 0.4) is 0 Å². The second-order valence-corrected chi connectivity index (χ2v) is 11.3. The number of ether oxygens (including phenoxy) is 2. The Balaban J connectivity index is 1.38. The lowest BCUT2D eigenvalue weighted by Crippen LogP contribution is -2.50. The third-order valence-corrected chi connectivity index (χ3v) is 8.19. The summed E-state index contributed by atoms with van der Waals surface area (Å²) in [5.41, 5.74) is 2.69. The second-order valence-electron chi connectivity index (χ2n) is 9.49. The fourth-order valence-electron chi connectivity index (χ4n) is 4.74. The molecule has 2 aliphatic heterocycles. The molecule has 0 unspecified atom stereocenters. The summed E-state index contributed by atoms with van der Waals surface area (Å²) in [6, 6.07) is 27.7. The zero-order valence-electron chi connectivity index (χ0n) is 22.6. The summed E-state index contributed by atoms with van der Waals surface area (Å²) < 4.78 is 27.1. The van der Waals surface area contributed by atoms with E-state index in [2.05, 4.69) is 21.2 Å². The summed E-state index contributed by atoms with van der Waals surface area (Å²) in [4.78, 5) is 18.5. The SMILES string of the molecule is CCOc1cc([C@H]2N=c3ccccc3=C3C(=O)NC(SCc4ccccc4F)=NN32)cc(Br)c1OCc1ccccc1. The van der Waals surface area contributed by atoms with E-state index in [1.54, 1.807) is 23.2 Å². The first-order valence-corrected chi connectivity index (χ1v) is 15.1. The van der Waals surface area contributed by atoms with Crippen LogP contribution in [0.25, 0.3) is 5.70 Å². The minimum atomic E-state index is -0.663. The summed E-state index contributed by atoms with van der Waals surface area (Å²) in [5, 5.41) is 11.0. The Morgan fingerprint density at radius 2 is 1.76 bits per heavy atom. The minimum absolute atomic E-state index is 0.303. The highest BCUT2D eigenvalue weighted by Gasteiger charge is 2.35. The van der Waals surface area contributed by atoms with Gasteiger partial charge in [0, 0.05) is 16.5 Å². The summed E-state index contributed by atoms with van der Waals surface area (Å²) >= 11 is 4.93. The fourth-order valence-corrected chi connectivity index (χ4v) is 6.15. The van der Waals surface area contributed by atoms with Gasteiger partial charge in [0.25, 0.3) is 5.91 Å². The van der Waals surface area contributed by atoms with Crippen molar-refractivity contribution in [3.8, 4) is 11.5 Å². The fraction of sp³-hybridized carbons (Fsp3) is 0.156. The number of benzene rings is 4. The number of fused-ring (bicyclic) bond motifs is 2. The first-order valence-electron chi connectivity index (χ1n) is 13.4. The van der Waals surface area contributed by atoms with E-state index >= 15 is 0 Å². The van der Waals surface area contributed by atoms with E-state index in [9.17, 15) is 9.18 Å². The first-order chi connectivity index (χ1) is 20.5. The van der Waals surface area contributed by atoms with Gasteiger partial charge < -0.3 is 9.47 Å². The van der Waals surface area contributed by atoms with Gasteiger partial charge in [0.2, 0.25) is 0 Å². The Morgan fingerprint density at radius 1 is 1.00 bits per heavy atom. The van der Waals surface area contributed by atoms with Gasteiger partial charge in [-0.1, -0.05) is 78.5 Å². The second kappa shape index (κ2) is 12.4. The molecule has 0 aromatic heterocycles. The van der Waals surface area contributed by atoms with Crippen LogP contribution in [0.15, 0.2) is 106 Å². The van der Waals surface area contributed by atoms with Gasteiger partial charge in [-0.15, -0.1) is 5.10 Å². The van der Waals surface area contributed by atoms with Crippen LogP contribution in [0, 0.1) is 5.82 Å². The van der Waals surface area contributed by atoms with Crippen molar-refractivity contribution in [3.63, 3.8) is 0 Å². The smallest absolute Gasteiger partial charge is 0.276 e. The summed E-state index contributed by atoms with van der Waals surface area (Å²) in [6.07, 6.45) is -0.663. The topological polar surface area (TPSA) is 75.5 Å². The highest BCUT2D eigenvalue weighted by atomic mass is 79.9. The summed E-state index contributed by atoms with van der Waals surface area (Å²) in [5.74, 6) is 0.822. The molecule has 212 valence electrons. The molecule has 0 fully saturated rings. The molecule has 42 heavy (non-hydrogen) atoms. The Bertz CT molecular complexity index is 1800. The minimum Gasteiger partial charge on any atom is -0.490 e. The van der Waals surface area contributed by atoms with Crippen molar-refractivity contribution in [2.75, 3.05) is 6.61 Å². The van der Waals surface area contributed by atoms with Gasteiger partial charge in [0.05, 0.1) is 16.4 Å². The normalized spacial score (nSPS) is 15.6. The standard InChI is InChI=1S/C32H26BrFN4O3S/c1-2-40-27-17-22(16-24(33)29(27)41-18-20-10-4-3-5-11-20)30-35-26-15-9-7-13-23(26)28-31(39)36-32(37-38(28)30)42-19-21-12-6-8-14-25(21)34/h3-17,30H,2,18-19H2,1H3,(H,36,37,39)/t30-/m0/s1. The lowest BCUT2D eigenvalue weighted by atomic mass is 10.1. The maximum Gasteiger partial charge on any atom is 0.276 e. The molecule has 0 radical (unpaired) electrons. The average Bonchev–Trinajstić information content (AvgIpc) is 3.00. The number of amidine groups is 1. The number of para-hydroxylation sites is 1. The Kier molecular flexibility index (Phi) is 8.25. The van der Waals surface area contributed by atoms with Gasteiger partial charge in [-0.05, 0) is 58.2 Å². The third kappa shape index (κ3) is 5.77. The van der Waals surface area contributed by atoms with Gasteiger partial charge in [-0.25, -0.2) is 9.40 Å². The number of nitrogens with one attached hydrogen (secondary N) is 1. The van der Waals surface area contributed by atoms with Crippen molar-refractivity contribution in [2.24, 2.45) is 10.1 Å². The van der Waals surface area contributed by atoms with Crippen molar-refractivity contribution < 1.29 is 18.7 Å². The number of rotatable bonds is 8. The van der Waals surface area contributed by atoms with Crippen LogP contribution in [-0.2, 0) is 17.2 Å². The molecule has 0 spiro atoms. The van der Waals surface area contributed by atoms with Gasteiger partial charge in [0.15, 0.2) is 22.8 Å². The lowest BCUT2D eigenvalue weighted by molar-refractivity contribution is -0.116. The van der Waals surface area contributed by atoms with E-state index in [0.717, 1.165) is 11.1 Å². The molecule has 6 rings (SSSR count). The molecule has 4 aromatic rings. The highest BCUT2D eigenvalue weighted by molar-refractivity contribution is 9.10. The highest BCUT2D eigenvalue weighted by Crippen LogP contribution is 2.41. The van der Waals surface area contributed by atoms with Crippen LogP contribution in [0.5, 0.6) is 11.5 Å². The Morgan fingerprint density at radius 3 is 2.57 bits per heavy atom. The van der Waals surface area contributed by atoms with Crippen molar-refractivity contribution >= 4 is 44.5 Å². The molecule has 0 bridgehead atoms. The van der Waals surface area contributed by atoms with Crippen molar-refractivity contribution in [2.45, 2.75) is 25.4 Å². The van der Waals surface area contributed by atoms with E-state index in [4.69, 9.17) is 19.6 Å². The first kappa shape index (κ1) is 28.0. The molecule has 10 heteroatoms. The number of halogens is 2. The molecule has 1 N–H and O–H groups in total. The molecule has 2 aliphatic rings. The summed E-state index contributed by atoms with van der Waals surface area (Å²) in [6.45, 7) is 2.71. The van der Waals surface area contributed by atoms with Crippen LogP contribution in [0.4, 0.5) is 4.39 Å².